The average Bonchev–Trinajstić information content (AvgIpc) is 3.37. The van der Waals surface area contributed by atoms with Gasteiger partial charge in [-0.15, -0.1) is 0 Å². The summed E-state index contributed by atoms with van der Waals surface area (Å²) in [7, 11) is 0. The molecule has 0 fully saturated rings. The summed E-state index contributed by atoms with van der Waals surface area (Å²) in [6.45, 7) is 4.73. The molecule has 0 atom stereocenters. The zero-order valence-corrected chi connectivity index (χ0v) is 26.5. The molecule has 0 aliphatic heterocycles. The van der Waals surface area contributed by atoms with Crippen LogP contribution in [0.3, 0.4) is 0 Å². The predicted molar refractivity (Wildman–Crippen MR) is 202 cm³/mol. The third kappa shape index (κ3) is 3.76. The molecule has 0 amide bonds. The molecule has 0 heterocycles. The van der Waals surface area contributed by atoms with Gasteiger partial charge in [0.05, 0.1) is 0 Å². The maximum absolute atomic E-state index is 2.37. The second-order valence-corrected chi connectivity index (χ2v) is 13.7. The number of benzene rings is 9. The van der Waals surface area contributed by atoms with E-state index < -0.39 is 0 Å². The molecule has 9 aromatic carbocycles. The van der Waals surface area contributed by atoms with Crippen molar-refractivity contribution in [3.63, 3.8) is 0 Å². The van der Waals surface area contributed by atoms with Crippen LogP contribution in [-0.2, 0) is 5.41 Å². The lowest BCUT2D eigenvalue weighted by atomic mass is 9.80. The van der Waals surface area contributed by atoms with Gasteiger partial charge in [0.2, 0.25) is 0 Å². The molecule has 1 aliphatic rings. The van der Waals surface area contributed by atoms with Gasteiger partial charge in [-0.05, 0) is 105 Å². The van der Waals surface area contributed by atoms with Gasteiger partial charge in [-0.3, -0.25) is 0 Å². The van der Waals surface area contributed by atoms with Crippen molar-refractivity contribution < 1.29 is 0 Å². The summed E-state index contributed by atoms with van der Waals surface area (Å²) in [6, 6.07) is 58.8. The van der Waals surface area contributed by atoms with Crippen molar-refractivity contribution in [2.24, 2.45) is 0 Å². The molecule has 0 aromatic heterocycles. The van der Waals surface area contributed by atoms with Crippen LogP contribution in [0.4, 0.5) is 0 Å². The Bertz CT molecular complexity index is 2670. The normalized spacial score (nSPS) is 13.5. The smallest absolute Gasteiger partial charge is 0.0165 e. The Labute approximate surface area is 274 Å². The minimum atomic E-state index is -0.0155. The van der Waals surface area contributed by atoms with E-state index in [2.05, 4.69) is 172 Å². The molecule has 0 unspecified atom stereocenters. The third-order valence-electron chi connectivity index (χ3n) is 10.8. The van der Waals surface area contributed by atoms with Gasteiger partial charge in [-0.2, -0.15) is 0 Å². The second-order valence-electron chi connectivity index (χ2n) is 13.7. The van der Waals surface area contributed by atoms with Gasteiger partial charge in [0.25, 0.3) is 0 Å². The van der Waals surface area contributed by atoms with E-state index in [1.165, 1.54) is 98.7 Å². The molecule has 0 nitrogen and oxygen atoms in total. The maximum Gasteiger partial charge on any atom is 0.0165 e. The summed E-state index contributed by atoms with van der Waals surface area (Å²) in [5.41, 5.74) is 13.2. The molecule has 0 radical (unpaired) electrons. The van der Waals surface area contributed by atoms with Crippen molar-refractivity contribution in [2.75, 3.05) is 0 Å². The van der Waals surface area contributed by atoms with E-state index in [1.54, 1.807) is 0 Å². The molecular formula is C47H32. The Morgan fingerprint density at radius 1 is 0.340 bits per heavy atom. The molecule has 220 valence electrons. The van der Waals surface area contributed by atoms with Gasteiger partial charge in [0, 0.05) is 5.41 Å². The second kappa shape index (κ2) is 9.64. The first-order valence-electron chi connectivity index (χ1n) is 16.6. The molecular weight excluding hydrogens is 565 g/mol. The lowest BCUT2D eigenvalue weighted by molar-refractivity contribution is 0.666. The fourth-order valence-electron chi connectivity index (χ4n) is 8.57. The van der Waals surface area contributed by atoms with Crippen LogP contribution in [-0.4, -0.2) is 0 Å². The molecule has 10 rings (SSSR count). The molecule has 9 aromatic rings. The van der Waals surface area contributed by atoms with Crippen molar-refractivity contribution in [2.45, 2.75) is 19.3 Å². The van der Waals surface area contributed by atoms with Crippen molar-refractivity contribution in [1.82, 2.24) is 0 Å². The van der Waals surface area contributed by atoms with Gasteiger partial charge in [0.15, 0.2) is 0 Å². The Kier molecular flexibility index (Phi) is 5.44. The fourth-order valence-corrected chi connectivity index (χ4v) is 8.57. The monoisotopic (exact) mass is 596 g/mol. The van der Waals surface area contributed by atoms with Gasteiger partial charge < -0.3 is 0 Å². The lowest BCUT2D eigenvalue weighted by Crippen LogP contribution is -2.15. The quantitative estimate of drug-likeness (QED) is 0.178. The molecule has 0 heteroatoms. The maximum atomic E-state index is 2.37. The fraction of sp³-hybridized carbons (Fsp3) is 0.0638. The van der Waals surface area contributed by atoms with Crippen LogP contribution in [0.1, 0.15) is 25.0 Å². The van der Waals surface area contributed by atoms with E-state index in [0.29, 0.717) is 0 Å². The molecule has 0 spiro atoms. The summed E-state index contributed by atoms with van der Waals surface area (Å²) < 4.78 is 0. The SMILES string of the molecule is CC1(C)c2ccccc2-c2ccc3cc(-c4ccc(-c5ccc6ccc7c(-c8ccccc8)ccc8ccc5c6c87)cc4)ccc3c21. The Hall–Kier alpha value is -5.72. The zero-order valence-electron chi connectivity index (χ0n) is 26.5. The topological polar surface area (TPSA) is 0 Å². The van der Waals surface area contributed by atoms with E-state index in [4.69, 9.17) is 0 Å². The lowest BCUT2D eigenvalue weighted by Gasteiger charge is -2.23. The van der Waals surface area contributed by atoms with Crippen molar-refractivity contribution >= 4 is 43.1 Å². The van der Waals surface area contributed by atoms with E-state index >= 15 is 0 Å². The number of hydrogen-bond acceptors (Lipinski definition) is 0. The van der Waals surface area contributed by atoms with E-state index in [0.717, 1.165) is 0 Å². The highest BCUT2D eigenvalue weighted by atomic mass is 14.4. The first-order chi connectivity index (χ1) is 23.1. The van der Waals surface area contributed by atoms with E-state index in [-0.39, 0.29) is 5.41 Å². The summed E-state index contributed by atoms with van der Waals surface area (Å²) >= 11 is 0. The highest BCUT2D eigenvalue weighted by Gasteiger charge is 2.36. The van der Waals surface area contributed by atoms with E-state index in [9.17, 15) is 0 Å². The number of hydrogen-bond donors (Lipinski definition) is 0. The first kappa shape index (κ1) is 26.5. The van der Waals surface area contributed by atoms with Crippen LogP contribution < -0.4 is 0 Å². The highest BCUT2D eigenvalue weighted by Crippen LogP contribution is 2.51. The Morgan fingerprint density at radius 3 is 1.55 bits per heavy atom. The van der Waals surface area contributed by atoms with Crippen molar-refractivity contribution in [3.8, 4) is 44.5 Å². The van der Waals surface area contributed by atoms with Crippen molar-refractivity contribution in [3.05, 3.63) is 169 Å². The third-order valence-corrected chi connectivity index (χ3v) is 10.8. The number of rotatable bonds is 3. The molecule has 0 saturated heterocycles. The predicted octanol–water partition coefficient (Wildman–Crippen LogP) is 13.0. The van der Waals surface area contributed by atoms with Crippen LogP contribution in [0, 0.1) is 0 Å². The summed E-state index contributed by atoms with van der Waals surface area (Å²) in [5, 5.41) is 10.6. The number of fused-ring (bicyclic) bond motifs is 5. The van der Waals surface area contributed by atoms with Crippen LogP contribution in [0.2, 0.25) is 0 Å². The van der Waals surface area contributed by atoms with Crippen LogP contribution in [0.25, 0.3) is 87.6 Å². The molecule has 0 bridgehead atoms. The summed E-state index contributed by atoms with van der Waals surface area (Å²) in [4.78, 5) is 0. The molecule has 47 heavy (non-hydrogen) atoms. The van der Waals surface area contributed by atoms with Gasteiger partial charge in [0.1, 0.15) is 0 Å². The average molecular weight is 597 g/mol. The van der Waals surface area contributed by atoms with Crippen LogP contribution in [0.5, 0.6) is 0 Å². The minimum absolute atomic E-state index is 0.0155. The van der Waals surface area contributed by atoms with Gasteiger partial charge in [-0.25, -0.2) is 0 Å². The molecule has 0 N–H and O–H groups in total. The Morgan fingerprint density at radius 2 is 0.851 bits per heavy atom. The molecule has 1 aliphatic carbocycles. The van der Waals surface area contributed by atoms with E-state index in [1.807, 2.05) is 0 Å². The van der Waals surface area contributed by atoms with Crippen molar-refractivity contribution in [1.29, 1.82) is 0 Å². The summed E-state index contributed by atoms with van der Waals surface area (Å²) in [5.74, 6) is 0. The Balaban J connectivity index is 1.06. The van der Waals surface area contributed by atoms with Crippen LogP contribution >= 0.6 is 0 Å². The zero-order chi connectivity index (χ0) is 31.3. The minimum Gasteiger partial charge on any atom is -0.0622 e. The first-order valence-corrected chi connectivity index (χ1v) is 16.6. The van der Waals surface area contributed by atoms with Gasteiger partial charge in [-0.1, -0.05) is 166 Å². The van der Waals surface area contributed by atoms with Gasteiger partial charge >= 0.3 is 0 Å². The van der Waals surface area contributed by atoms with Crippen LogP contribution in [0.15, 0.2) is 158 Å². The standard InChI is InChI=1S/C47H32/c1-47(2)43-11-7-6-10-39(43)42-27-21-35-28-34(20-24-38(35)46(42)47)29-12-14-31(15-13-29)37-23-17-33-18-25-40-36(30-8-4-3-5-9-30)22-16-32-19-26-41(37)45(33)44(32)40/h3-28H,1-2H3. The largest absolute Gasteiger partial charge is 0.0622 e. The highest BCUT2D eigenvalue weighted by molar-refractivity contribution is 6.27. The molecule has 0 saturated carbocycles. The summed E-state index contributed by atoms with van der Waals surface area (Å²) in [6.07, 6.45) is 0.